The summed E-state index contributed by atoms with van der Waals surface area (Å²) in [5.41, 5.74) is -0.0191. The van der Waals surface area contributed by atoms with Gasteiger partial charge < -0.3 is 0 Å². The van der Waals surface area contributed by atoms with E-state index in [-0.39, 0.29) is 11.1 Å². The number of hydrogen-bond donors (Lipinski definition) is 0. The zero-order valence-electron chi connectivity index (χ0n) is 9.66. The molecule has 0 saturated heterocycles. The van der Waals surface area contributed by atoms with Gasteiger partial charge >= 0.3 is 5.69 Å². The van der Waals surface area contributed by atoms with Crippen LogP contribution >= 0.6 is 27.5 Å². The summed E-state index contributed by atoms with van der Waals surface area (Å²) in [6.45, 7) is 0.713. The quantitative estimate of drug-likeness (QED) is 0.802. The Labute approximate surface area is 114 Å². The maximum Gasteiger partial charge on any atom is 0.347 e. The molecule has 5 heteroatoms. The van der Waals surface area contributed by atoms with Gasteiger partial charge in [-0.3, -0.25) is 4.57 Å². The third-order valence-corrected chi connectivity index (χ3v) is 4.91. The highest BCUT2D eigenvalue weighted by Crippen LogP contribution is 2.39. The van der Waals surface area contributed by atoms with Crippen molar-refractivity contribution in [2.24, 2.45) is 5.41 Å². The van der Waals surface area contributed by atoms with Crippen molar-refractivity contribution < 1.29 is 0 Å². The van der Waals surface area contributed by atoms with E-state index in [0.29, 0.717) is 11.6 Å². The lowest BCUT2D eigenvalue weighted by Gasteiger charge is -2.36. The molecule has 1 fully saturated rings. The number of halogens is 2. The van der Waals surface area contributed by atoms with E-state index in [1.165, 1.54) is 25.5 Å². The summed E-state index contributed by atoms with van der Waals surface area (Å²) in [6.07, 6.45) is 9.21. The Hall–Kier alpha value is -0.350. The molecule has 0 amide bonds. The smallest absolute Gasteiger partial charge is 0.297 e. The Balaban J connectivity index is 2.23. The van der Waals surface area contributed by atoms with Crippen LogP contribution in [0.3, 0.4) is 0 Å². The van der Waals surface area contributed by atoms with Crippen LogP contribution in [0.1, 0.15) is 32.1 Å². The van der Waals surface area contributed by atoms with Crippen LogP contribution in [0.2, 0.25) is 5.02 Å². The monoisotopic (exact) mass is 318 g/mol. The van der Waals surface area contributed by atoms with E-state index >= 15 is 0 Å². The average molecular weight is 320 g/mol. The first kappa shape index (κ1) is 13.1. The summed E-state index contributed by atoms with van der Waals surface area (Å²) in [5, 5.41) is 1.45. The molecule has 0 radical (unpaired) electrons. The van der Waals surface area contributed by atoms with Gasteiger partial charge in [0.1, 0.15) is 0 Å². The Morgan fingerprint density at radius 2 is 2.12 bits per heavy atom. The number of nitrogens with zero attached hydrogens (tertiary/aromatic N) is 2. The number of aromatic nitrogens is 2. The predicted molar refractivity (Wildman–Crippen MR) is 72.8 cm³/mol. The van der Waals surface area contributed by atoms with Gasteiger partial charge in [-0.15, -0.1) is 0 Å². The average Bonchev–Trinajstić information content (AvgIpc) is 2.35. The van der Waals surface area contributed by atoms with Crippen LogP contribution < -0.4 is 5.69 Å². The summed E-state index contributed by atoms with van der Waals surface area (Å²) in [5.74, 6) is 0. The molecule has 3 nitrogen and oxygen atoms in total. The van der Waals surface area contributed by atoms with Gasteiger partial charge in [0.25, 0.3) is 0 Å². The van der Waals surface area contributed by atoms with Gasteiger partial charge in [0.05, 0.1) is 11.2 Å². The lowest BCUT2D eigenvalue weighted by atomic mass is 9.75. The summed E-state index contributed by atoms with van der Waals surface area (Å²) < 4.78 is 1.65. The minimum atomic E-state index is -0.208. The second kappa shape index (κ2) is 5.53. The van der Waals surface area contributed by atoms with Crippen LogP contribution in [0, 0.1) is 5.41 Å². The molecule has 0 N–H and O–H groups in total. The van der Waals surface area contributed by atoms with E-state index in [4.69, 9.17) is 11.6 Å². The number of rotatable bonds is 3. The molecule has 0 bridgehead atoms. The molecule has 1 aliphatic rings. The molecular formula is C12H16BrClN2O. The number of alkyl halides is 1. The second-order valence-corrected chi connectivity index (χ2v) is 5.87. The van der Waals surface area contributed by atoms with E-state index < -0.39 is 0 Å². The van der Waals surface area contributed by atoms with Crippen molar-refractivity contribution >= 4 is 27.5 Å². The molecule has 0 aliphatic heterocycles. The zero-order chi connectivity index (χ0) is 12.3. The third kappa shape index (κ3) is 3.10. The Bertz CT molecular complexity index is 440. The first-order valence-electron chi connectivity index (χ1n) is 5.93. The fourth-order valence-corrected chi connectivity index (χ4v) is 3.44. The van der Waals surface area contributed by atoms with E-state index in [2.05, 4.69) is 20.9 Å². The maximum absolute atomic E-state index is 11.7. The van der Waals surface area contributed by atoms with E-state index in [1.54, 1.807) is 10.8 Å². The first-order chi connectivity index (χ1) is 8.15. The first-order valence-corrected chi connectivity index (χ1v) is 7.43. The van der Waals surface area contributed by atoms with Crippen LogP contribution in [-0.4, -0.2) is 14.9 Å². The van der Waals surface area contributed by atoms with E-state index in [9.17, 15) is 4.79 Å². The fourth-order valence-electron chi connectivity index (χ4n) is 2.54. The Morgan fingerprint density at radius 1 is 1.41 bits per heavy atom. The van der Waals surface area contributed by atoms with Gasteiger partial charge in [-0.1, -0.05) is 46.8 Å². The minimum Gasteiger partial charge on any atom is -0.297 e. The van der Waals surface area contributed by atoms with Crippen molar-refractivity contribution in [1.82, 2.24) is 9.55 Å². The van der Waals surface area contributed by atoms with Gasteiger partial charge in [0.15, 0.2) is 0 Å². The predicted octanol–water partition coefficient (Wildman–Crippen LogP) is 3.24. The summed E-state index contributed by atoms with van der Waals surface area (Å²) >= 11 is 9.49. The lowest BCUT2D eigenvalue weighted by molar-refractivity contribution is 0.188. The van der Waals surface area contributed by atoms with Crippen LogP contribution in [0.5, 0.6) is 0 Å². The fraction of sp³-hybridized carbons (Fsp3) is 0.667. The molecule has 1 aromatic heterocycles. The van der Waals surface area contributed by atoms with Crippen LogP contribution in [0.15, 0.2) is 17.2 Å². The minimum absolute atomic E-state index is 0.189. The largest absolute Gasteiger partial charge is 0.347 e. The van der Waals surface area contributed by atoms with Crippen LogP contribution in [0.4, 0.5) is 0 Å². The molecule has 2 rings (SSSR count). The summed E-state index contributed by atoms with van der Waals surface area (Å²) in [6, 6.07) is 0. The lowest BCUT2D eigenvalue weighted by Crippen LogP contribution is -2.36. The Kier molecular flexibility index (Phi) is 4.26. The van der Waals surface area contributed by atoms with Gasteiger partial charge in [-0.25, -0.2) is 9.78 Å². The van der Waals surface area contributed by atoms with Crippen molar-refractivity contribution in [2.45, 2.75) is 38.6 Å². The van der Waals surface area contributed by atoms with E-state index in [0.717, 1.165) is 18.2 Å². The van der Waals surface area contributed by atoms with Gasteiger partial charge in [-0.2, -0.15) is 0 Å². The molecule has 1 aromatic rings. The summed E-state index contributed by atoms with van der Waals surface area (Å²) in [4.78, 5) is 15.5. The van der Waals surface area contributed by atoms with Crippen molar-refractivity contribution in [3.05, 3.63) is 27.9 Å². The SMILES string of the molecule is O=c1ncc(Cl)cn1CC1(CBr)CCCCC1. The van der Waals surface area contributed by atoms with Crippen molar-refractivity contribution in [3.63, 3.8) is 0 Å². The molecule has 94 valence electrons. The van der Waals surface area contributed by atoms with Gasteiger partial charge in [-0.05, 0) is 18.3 Å². The van der Waals surface area contributed by atoms with E-state index in [1.807, 2.05) is 0 Å². The molecular weight excluding hydrogens is 304 g/mol. The number of hydrogen-bond acceptors (Lipinski definition) is 2. The van der Waals surface area contributed by atoms with Crippen molar-refractivity contribution in [3.8, 4) is 0 Å². The van der Waals surface area contributed by atoms with Crippen LogP contribution in [0.25, 0.3) is 0 Å². The third-order valence-electron chi connectivity index (χ3n) is 3.53. The highest BCUT2D eigenvalue weighted by Gasteiger charge is 2.31. The maximum atomic E-state index is 11.7. The summed E-state index contributed by atoms with van der Waals surface area (Å²) in [7, 11) is 0. The molecule has 0 spiro atoms. The molecule has 0 atom stereocenters. The van der Waals surface area contributed by atoms with Crippen LogP contribution in [-0.2, 0) is 6.54 Å². The topological polar surface area (TPSA) is 34.9 Å². The zero-order valence-corrected chi connectivity index (χ0v) is 12.0. The molecule has 1 saturated carbocycles. The highest BCUT2D eigenvalue weighted by atomic mass is 79.9. The van der Waals surface area contributed by atoms with Crippen molar-refractivity contribution in [2.75, 3.05) is 5.33 Å². The molecule has 0 unspecified atom stereocenters. The van der Waals surface area contributed by atoms with Gasteiger partial charge in [0, 0.05) is 18.1 Å². The molecule has 17 heavy (non-hydrogen) atoms. The highest BCUT2D eigenvalue weighted by molar-refractivity contribution is 9.09. The second-order valence-electron chi connectivity index (χ2n) is 4.88. The molecule has 0 aromatic carbocycles. The molecule has 1 heterocycles. The van der Waals surface area contributed by atoms with Gasteiger partial charge in [0.2, 0.25) is 0 Å². The normalized spacial score (nSPS) is 19.2. The Morgan fingerprint density at radius 3 is 2.76 bits per heavy atom. The standard InChI is InChI=1S/C12H16BrClN2O/c13-8-12(4-2-1-3-5-12)9-16-7-10(14)6-15-11(16)17/h6-7H,1-5,8-9H2. The molecule has 1 aliphatic carbocycles. The van der Waals surface area contributed by atoms with Crippen molar-refractivity contribution in [1.29, 1.82) is 0 Å².